The molecule has 0 aliphatic carbocycles. The summed E-state index contributed by atoms with van der Waals surface area (Å²) in [6, 6.07) is 0.240. The number of piperazine rings is 1. The summed E-state index contributed by atoms with van der Waals surface area (Å²) in [5.41, 5.74) is 0.0651. The Balaban J connectivity index is 0.00000242. The largest absolute Gasteiger partial charge is 0.336 e. The molecule has 0 bridgehead atoms. The topological polar surface area (TPSA) is 78.1 Å². The molecule has 1 fully saturated rings. The van der Waals surface area contributed by atoms with Crippen molar-refractivity contribution in [2.45, 2.75) is 46.1 Å². The Labute approximate surface area is 137 Å². The van der Waals surface area contributed by atoms with Crippen LogP contribution in [0.15, 0.2) is 4.79 Å². The molecule has 124 valence electrons. The van der Waals surface area contributed by atoms with Gasteiger partial charge in [0.2, 0.25) is 0 Å². The van der Waals surface area contributed by atoms with Crippen LogP contribution in [0.4, 0.5) is 0 Å². The molecule has 1 amide bonds. The van der Waals surface area contributed by atoms with Crippen molar-refractivity contribution in [2.24, 2.45) is 0 Å². The Kier molecular flexibility index (Phi) is 5.76. The van der Waals surface area contributed by atoms with Gasteiger partial charge in [0.05, 0.1) is 5.69 Å². The lowest BCUT2D eigenvalue weighted by molar-refractivity contribution is 0.0705. The van der Waals surface area contributed by atoms with E-state index in [0.717, 1.165) is 6.54 Å². The number of carbonyl (C=O) groups excluding carboxylic acids is 1. The molecule has 2 rings (SSSR count). The summed E-state index contributed by atoms with van der Waals surface area (Å²) in [6.07, 6.45) is 0. The van der Waals surface area contributed by atoms with Gasteiger partial charge in [-0.05, 0) is 13.8 Å². The van der Waals surface area contributed by atoms with Crippen LogP contribution in [-0.4, -0.2) is 46.5 Å². The molecule has 1 unspecified atom stereocenters. The first-order valence-corrected chi connectivity index (χ1v) is 7.34. The van der Waals surface area contributed by atoms with E-state index in [1.165, 1.54) is 0 Å². The van der Waals surface area contributed by atoms with E-state index in [1.54, 1.807) is 11.8 Å². The summed E-state index contributed by atoms with van der Waals surface area (Å²) >= 11 is 0. The lowest BCUT2D eigenvalue weighted by atomic mass is 9.95. The molecule has 1 saturated heterocycles. The highest BCUT2D eigenvalue weighted by atomic mass is 35.5. The van der Waals surface area contributed by atoms with Crippen LogP contribution in [0, 0.1) is 6.92 Å². The maximum absolute atomic E-state index is 12.6. The van der Waals surface area contributed by atoms with Gasteiger partial charge in [-0.15, -0.1) is 12.4 Å². The van der Waals surface area contributed by atoms with Gasteiger partial charge in [0, 0.05) is 31.1 Å². The minimum atomic E-state index is -0.344. The normalized spacial score (nSPS) is 18.8. The number of hydrogen-bond donors (Lipinski definition) is 2. The van der Waals surface area contributed by atoms with Crippen LogP contribution in [0.1, 0.15) is 49.6 Å². The molecule has 1 aliphatic rings. The van der Waals surface area contributed by atoms with Gasteiger partial charge in [0.15, 0.2) is 0 Å². The minimum Gasteiger partial charge on any atom is -0.336 e. The summed E-state index contributed by atoms with van der Waals surface area (Å²) in [6.45, 7) is 11.7. The molecule has 0 radical (unpaired) electrons. The quantitative estimate of drug-likeness (QED) is 0.813. The van der Waals surface area contributed by atoms with E-state index >= 15 is 0 Å². The number of halogens is 1. The number of hydrogen-bond acceptors (Lipinski definition) is 4. The first kappa shape index (κ1) is 18.6. The number of aromatic amines is 1. The number of H-pyrrole nitrogens is 1. The third-order valence-electron chi connectivity index (χ3n) is 3.68. The van der Waals surface area contributed by atoms with E-state index in [1.807, 2.05) is 27.7 Å². The van der Waals surface area contributed by atoms with E-state index in [2.05, 4.69) is 15.3 Å². The fraction of sp³-hybridized carbons (Fsp3) is 0.667. The molecule has 2 heterocycles. The zero-order chi connectivity index (χ0) is 15.8. The standard InChI is InChI=1S/C15H24N4O2.ClH/c1-9-8-19(7-6-16-9)13(21)11-10(2)17-14(15(3,4)5)18-12(11)20;/h9,16H,6-8H2,1-5H3,(H,17,18,20);1H. The highest BCUT2D eigenvalue weighted by molar-refractivity contribution is 5.95. The second kappa shape index (κ2) is 6.79. The van der Waals surface area contributed by atoms with Gasteiger partial charge < -0.3 is 15.2 Å². The van der Waals surface area contributed by atoms with Crippen LogP contribution in [0.5, 0.6) is 0 Å². The van der Waals surface area contributed by atoms with Crippen molar-refractivity contribution in [1.82, 2.24) is 20.2 Å². The second-order valence-corrected chi connectivity index (χ2v) is 6.73. The number of nitrogens with zero attached hydrogens (tertiary/aromatic N) is 2. The minimum absolute atomic E-state index is 0. The van der Waals surface area contributed by atoms with Crippen LogP contribution >= 0.6 is 12.4 Å². The molecule has 0 aromatic carbocycles. The van der Waals surface area contributed by atoms with Crippen molar-refractivity contribution in [3.63, 3.8) is 0 Å². The predicted octanol–water partition coefficient (Wildman–Crippen LogP) is 1.23. The predicted molar refractivity (Wildman–Crippen MR) is 88.9 cm³/mol. The summed E-state index contributed by atoms with van der Waals surface area (Å²) in [5.74, 6) is 0.380. The van der Waals surface area contributed by atoms with Crippen molar-refractivity contribution < 1.29 is 4.79 Å². The van der Waals surface area contributed by atoms with E-state index in [-0.39, 0.29) is 40.9 Å². The molecule has 7 heteroatoms. The van der Waals surface area contributed by atoms with Crippen LogP contribution in [0.3, 0.4) is 0 Å². The number of rotatable bonds is 1. The smallest absolute Gasteiger partial charge is 0.264 e. The Morgan fingerprint density at radius 1 is 1.36 bits per heavy atom. The average Bonchev–Trinajstić information content (AvgIpc) is 2.36. The van der Waals surface area contributed by atoms with Crippen molar-refractivity contribution >= 4 is 18.3 Å². The molecular formula is C15H25ClN4O2. The van der Waals surface area contributed by atoms with Crippen LogP contribution in [0.2, 0.25) is 0 Å². The second-order valence-electron chi connectivity index (χ2n) is 6.73. The highest BCUT2D eigenvalue weighted by Gasteiger charge is 2.27. The van der Waals surface area contributed by atoms with Crippen LogP contribution in [-0.2, 0) is 5.41 Å². The SMILES string of the molecule is Cc1nc(C(C)(C)C)[nH]c(=O)c1C(=O)N1CCNC(C)C1.Cl. The Morgan fingerprint density at radius 2 is 2.00 bits per heavy atom. The highest BCUT2D eigenvalue weighted by Crippen LogP contribution is 2.18. The molecule has 1 aromatic heterocycles. The average molecular weight is 329 g/mol. The van der Waals surface area contributed by atoms with Gasteiger partial charge in [0.1, 0.15) is 11.4 Å². The Bertz CT molecular complexity index is 607. The lowest BCUT2D eigenvalue weighted by Gasteiger charge is -2.32. The third-order valence-corrected chi connectivity index (χ3v) is 3.68. The summed E-state index contributed by atoms with van der Waals surface area (Å²) in [7, 11) is 0. The molecular weight excluding hydrogens is 304 g/mol. The molecule has 22 heavy (non-hydrogen) atoms. The first-order valence-electron chi connectivity index (χ1n) is 7.34. The van der Waals surface area contributed by atoms with Gasteiger partial charge in [-0.1, -0.05) is 20.8 Å². The van der Waals surface area contributed by atoms with Crippen molar-refractivity contribution in [3.05, 3.63) is 27.4 Å². The Morgan fingerprint density at radius 3 is 2.50 bits per heavy atom. The summed E-state index contributed by atoms with van der Waals surface area (Å²) < 4.78 is 0. The molecule has 0 saturated carbocycles. The molecule has 1 atom stereocenters. The van der Waals surface area contributed by atoms with Crippen LogP contribution < -0.4 is 10.9 Å². The monoisotopic (exact) mass is 328 g/mol. The van der Waals surface area contributed by atoms with Crippen LogP contribution in [0.25, 0.3) is 0 Å². The lowest BCUT2D eigenvalue weighted by Crippen LogP contribution is -2.52. The zero-order valence-electron chi connectivity index (χ0n) is 13.8. The van der Waals surface area contributed by atoms with E-state index in [9.17, 15) is 9.59 Å². The van der Waals surface area contributed by atoms with Crippen molar-refractivity contribution in [3.8, 4) is 0 Å². The van der Waals surface area contributed by atoms with E-state index < -0.39 is 0 Å². The number of aryl methyl sites for hydroxylation is 1. The van der Waals surface area contributed by atoms with Crippen molar-refractivity contribution in [1.29, 1.82) is 0 Å². The van der Waals surface area contributed by atoms with Gasteiger partial charge in [-0.3, -0.25) is 9.59 Å². The third kappa shape index (κ3) is 3.87. The number of carbonyl (C=O) groups is 1. The number of nitrogens with one attached hydrogen (secondary N) is 2. The molecule has 2 N–H and O–H groups in total. The number of aromatic nitrogens is 2. The maximum Gasteiger partial charge on any atom is 0.264 e. The molecule has 0 spiro atoms. The molecule has 1 aromatic rings. The van der Waals surface area contributed by atoms with Gasteiger partial charge >= 0.3 is 0 Å². The zero-order valence-corrected chi connectivity index (χ0v) is 14.6. The number of amides is 1. The van der Waals surface area contributed by atoms with Gasteiger partial charge in [0.25, 0.3) is 11.5 Å². The molecule has 6 nitrogen and oxygen atoms in total. The fourth-order valence-corrected chi connectivity index (χ4v) is 2.47. The Hall–Kier alpha value is -1.40. The fourth-order valence-electron chi connectivity index (χ4n) is 2.47. The molecule has 1 aliphatic heterocycles. The van der Waals surface area contributed by atoms with E-state index in [0.29, 0.717) is 24.6 Å². The summed E-state index contributed by atoms with van der Waals surface area (Å²) in [4.78, 5) is 33.8. The van der Waals surface area contributed by atoms with E-state index in [4.69, 9.17) is 0 Å². The van der Waals surface area contributed by atoms with Crippen molar-refractivity contribution in [2.75, 3.05) is 19.6 Å². The summed E-state index contributed by atoms with van der Waals surface area (Å²) in [5, 5.41) is 3.28. The maximum atomic E-state index is 12.6. The van der Waals surface area contributed by atoms with Gasteiger partial charge in [-0.25, -0.2) is 4.98 Å². The first-order chi connectivity index (χ1) is 9.70. The van der Waals surface area contributed by atoms with Gasteiger partial charge in [-0.2, -0.15) is 0 Å².